The molecule has 2 aromatic rings. The molecule has 0 bridgehead atoms. The summed E-state index contributed by atoms with van der Waals surface area (Å²) in [4.78, 5) is 31.8. The number of esters is 1. The third kappa shape index (κ3) is 7.46. The third-order valence-electron chi connectivity index (χ3n) is 6.90. The van der Waals surface area contributed by atoms with Crippen LogP contribution in [0.3, 0.4) is 0 Å². The molecule has 3 aliphatic rings. The Kier molecular flexibility index (Phi) is 9.03. The molecule has 210 valence electrons. The second kappa shape index (κ2) is 12.5. The SMILES string of the molecule is O=C(O[C@@H](Cc1c(Cl)cncc1Cl)c1ccc(OC(F)F)c(OCC2CC2)c1)[C@@H]1SCCN1C(=O)CC1CC1. The maximum absolute atomic E-state index is 13.5. The molecule has 2 aliphatic carbocycles. The Balaban J connectivity index is 1.41. The van der Waals surface area contributed by atoms with Crippen LogP contribution in [-0.4, -0.2) is 52.7 Å². The number of pyridine rings is 1. The van der Waals surface area contributed by atoms with Gasteiger partial charge in [-0.05, 0) is 60.8 Å². The molecule has 1 amide bonds. The van der Waals surface area contributed by atoms with Crippen molar-refractivity contribution in [3.05, 3.63) is 51.8 Å². The zero-order valence-corrected chi connectivity index (χ0v) is 23.3. The van der Waals surface area contributed by atoms with Gasteiger partial charge < -0.3 is 19.1 Å². The molecule has 2 atom stereocenters. The molecule has 0 unspecified atom stereocenters. The Morgan fingerprint density at radius 2 is 1.79 bits per heavy atom. The van der Waals surface area contributed by atoms with E-state index in [2.05, 4.69) is 9.72 Å². The second-order valence-corrected chi connectivity index (χ2v) is 12.0. The summed E-state index contributed by atoms with van der Waals surface area (Å²) >= 11 is 14.1. The fourth-order valence-electron chi connectivity index (χ4n) is 4.37. The summed E-state index contributed by atoms with van der Waals surface area (Å²) in [6.07, 6.45) is 6.60. The molecule has 2 saturated carbocycles. The number of alkyl halides is 2. The first-order valence-electron chi connectivity index (χ1n) is 12.9. The normalized spacial score (nSPS) is 19.7. The molecular weight excluding hydrogens is 573 g/mol. The van der Waals surface area contributed by atoms with E-state index in [-0.39, 0.29) is 23.8 Å². The zero-order valence-electron chi connectivity index (χ0n) is 21.0. The quantitative estimate of drug-likeness (QED) is 0.264. The van der Waals surface area contributed by atoms with Crippen molar-refractivity contribution in [3.63, 3.8) is 0 Å². The Morgan fingerprint density at radius 3 is 2.46 bits per heavy atom. The van der Waals surface area contributed by atoms with E-state index >= 15 is 0 Å². The van der Waals surface area contributed by atoms with Crippen molar-refractivity contribution >= 4 is 46.8 Å². The fraction of sp³-hybridized carbons (Fsp3) is 0.519. The van der Waals surface area contributed by atoms with Gasteiger partial charge in [0.05, 0.1) is 16.7 Å². The number of carbonyl (C=O) groups excluding carboxylic acids is 2. The first kappa shape index (κ1) is 28.2. The molecule has 1 saturated heterocycles. The molecule has 0 N–H and O–H groups in total. The average Bonchev–Trinajstić information content (AvgIpc) is 3.83. The van der Waals surface area contributed by atoms with Gasteiger partial charge in [0.15, 0.2) is 16.9 Å². The van der Waals surface area contributed by atoms with Gasteiger partial charge in [-0.25, -0.2) is 4.79 Å². The van der Waals surface area contributed by atoms with Crippen molar-refractivity contribution in [2.24, 2.45) is 11.8 Å². The standard InChI is InChI=1S/C27H28Cl2F2N2O5S/c28-19-12-32-13-20(29)18(19)11-22(37-26(35)25-33(7-8-39-25)24(34)9-15-1-2-15)17-5-6-21(38-27(30)31)23(10-17)36-14-16-3-4-16/h5-6,10,12-13,15-16,22,25,27H,1-4,7-9,11,14H2/t22-,25-/m0/s1. The lowest BCUT2D eigenvalue weighted by molar-refractivity contribution is -0.155. The van der Waals surface area contributed by atoms with E-state index < -0.39 is 24.1 Å². The zero-order chi connectivity index (χ0) is 27.5. The topological polar surface area (TPSA) is 78.0 Å². The highest BCUT2D eigenvalue weighted by molar-refractivity contribution is 8.00. The van der Waals surface area contributed by atoms with Crippen LogP contribution in [0.1, 0.15) is 49.3 Å². The van der Waals surface area contributed by atoms with E-state index in [4.69, 9.17) is 32.7 Å². The number of aromatic nitrogens is 1. The molecule has 7 nitrogen and oxygen atoms in total. The summed E-state index contributed by atoms with van der Waals surface area (Å²) in [7, 11) is 0. The van der Waals surface area contributed by atoms with E-state index in [0.29, 0.717) is 58.3 Å². The number of hydrogen-bond acceptors (Lipinski definition) is 7. The molecule has 1 aromatic carbocycles. The molecule has 1 aromatic heterocycles. The van der Waals surface area contributed by atoms with Gasteiger partial charge in [-0.15, -0.1) is 11.8 Å². The van der Waals surface area contributed by atoms with Crippen LogP contribution in [0, 0.1) is 11.8 Å². The largest absolute Gasteiger partial charge is 0.489 e. The highest BCUT2D eigenvalue weighted by Crippen LogP contribution is 2.39. The van der Waals surface area contributed by atoms with E-state index in [0.717, 1.165) is 25.7 Å². The summed E-state index contributed by atoms with van der Waals surface area (Å²) in [5, 5.41) is -0.181. The highest BCUT2D eigenvalue weighted by atomic mass is 35.5. The average molecular weight is 601 g/mol. The van der Waals surface area contributed by atoms with Crippen LogP contribution in [0.15, 0.2) is 30.6 Å². The molecular formula is C27H28Cl2F2N2O5S. The van der Waals surface area contributed by atoms with E-state index in [1.807, 2.05) is 0 Å². The summed E-state index contributed by atoms with van der Waals surface area (Å²) in [5.74, 6) is 0.793. The van der Waals surface area contributed by atoms with Gasteiger partial charge in [-0.1, -0.05) is 29.3 Å². The summed E-state index contributed by atoms with van der Waals surface area (Å²) < 4.78 is 42.6. The maximum atomic E-state index is 13.5. The minimum atomic E-state index is -3.03. The number of thioether (sulfide) groups is 1. The fourth-order valence-corrected chi connectivity index (χ4v) is 6.01. The number of carbonyl (C=O) groups is 2. The van der Waals surface area contributed by atoms with E-state index in [1.165, 1.54) is 30.2 Å². The lowest BCUT2D eigenvalue weighted by atomic mass is 10.0. The summed E-state index contributed by atoms with van der Waals surface area (Å²) in [5.41, 5.74) is 0.999. The van der Waals surface area contributed by atoms with Crippen LogP contribution in [0.5, 0.6) is 11.5 Å². The van der Waals surface area contributed by atoms with E-state index in [9.17, 15) is 18.4 Å². The Labute approximate surface area is 239 Å². The van der Waals surface area contributed by atoms with Crippen molar-refractivity contribution in [3.8, 4) is 11.5 Å². The van der Waals surface area contributed by atoms with Gasteiger partial charge >= 0.3 is 12.6 Å². The van der Waals surface area contributed by atoms with Crippen LogP contribution in [0.2, 0.25) is 10.0 Å². The third-order valence-corrected chi connectivity index (χ3v) is 8.73. The maximum Gasteiger partial charge on any atom is 0.387 e. The van der Waals surface area contributed by atoms with Crippen LogP contribution < -0.4 is 9.47 Å². The Morgan fingerprint density at radius 1 is 1.08 bits per heavy atom. The van der Waals surface area contributed by atoms with Crippen molar-refractivity contribution in [1.29, 1.82) is 0 Å². The van der Waals surface area contributed by atoms with Gasteiger partial charge in [0.2, 0.25) is 5.91 Å². The van der Waals surface area contributed by atoms with Crippen molar-refractivity contribution < 1.29 is 32.6 Å². The lowest BCUT2D eigenvalue weighted by Crippen LogP contribution is -2.41. The van der Waals surface area contributed by atoms with Crippen molar-refractivity contribution in [1.82, 2.24) is 9.88 Å². The molecule has 2 heterocycles. The predicted octanol–water partition coefficient (Wildman–Crippen LogP) is 6.31. The first-order valence-corrected chi connectivity index (χ1v) is 14.7. The number of hydrogen-bond donors (Lipinski definition) is 0. The predicted molar refractivity (Wildman–Crippen MR) is 143 cm³/mol. The van der Waals surface area contributed by atoms with E-state index in [1.54, 1.807) is 17.0 Å². The number of nitrogens with zero attached hydrogens (tertiary/aromatic N) is 2. The van der Waals surface area contributed by atoms with Gasteiger partial charge in [0, 0.05) is 37.5 Å². The van der Waals surface area contributed by atoms with Crippen LogP contribution in [0.4, 0.5) is 8.78 Å². The highest BCUT2D eigenvalue weighted by Gasteiger charge is 2.39. The van der Waals surface area contributed by atoms with Crippen LogP contribution >= 0.6 is 35.0 Å². The molecule has 0 spiro atoms. The lowest BCUT2D eigenvalue weighted by Gasteiger charge is -2.26. The summed E-state index contributed by atoms with van der Waals surface area (Å²) in [6.45, 7) is -2.19. The number of ether oxygens (including phenoxy) is 3. The molecule has 12 heteroatoms. The number of halogens is 4. The van der Waals surface area contributed by atoms with Crippen molar-refractivity contribution in [2.45, 2.75) is 56.6 Å². The molecule has 39 heavy (non-hydrogen) atoms. The monoisotopic (exact) mass is 600 g/mol. The second-order valence-electron chi connectivity index (χ2n) is 10.0. The van der Waals surface area contributed by atoms with Gasteiger partial charge in [-0.3, -0.25) is 9.78 Å². The van der Waals surface area contributed by atoms with Gasteiger partial charge in [0.25, 0.3) is 0 Å². The first-order chi connectivity index (χ1) is 18.8. The minimum Gasteiger partial charge on any atom is -0.489 e. The molecule has 3 fully saturated rings. The Bertz CT molecular complexity index is 1190. The van der Waals surface area contributed by atoms with Gasteiger partial charge in [-0.2, -0.15) is 8.78 Å². The molecule has 0 radical (unpaired) electrons. The van der Waals surface area contributed by atoms with Gasteiger partial charge in [0.1, 0.15) is 6.10 Å². The number of amides is 1. The van der Waals surface area contributed by atoms with Crippen LogP contribution in [-0.2, 0) is 20.7 Å². The minimum absolute atomic E-state index is 0.0505. The number of rotatable bonds is 12. The number of benzene rings is 1. The molecule has 5 rings (SSSR count). The molecule has 1 aliphatic heterocycles. The smallest absolute Gasteiger partial charge is 0.387 e. The van der Waals surface area contributed by atoms with Crippen LogP contribution in [0.25, 0.3) is 0 Å². The summed E-state index contributed by atoms with van der Waals surface area (Å²) in [6, 6.07) is 4.45. The Hall–Kier alpha value is -2.30. The van der Waals surface area contributed by atoms with Crippen molar-refractivity contribution in [2.75, 3.05) is 18.9 Å².